The molecule has 2 aromatic carbocycles. The van der Waals surface area contributed by atoms with Gasteiger partial charge in [-0.2, -0.15) is 5.10 Å². The number of anilines is 2. The number of hydrogen-bond donors (Lipinski definition) is 3. The van der Waals surface area contributed by atoms with E-state index in [9.17, 15) is 14.0 Å². The van der Waals surface area contributed by atoms with Crippen molar-refractivity contribution in [2.24, 2.45) is 4.99 Å². The van der Waals surface area contributed by atoms with E-state index in [2.05, 4.69) is 31.0 Å². The van der Waals surface area contributed by atoms with Gasteiger partial charge in [-0.25, -0.2) is 19.0 Å². The summed E-state index contributed by atoms with van der Waals surface area (Å²) in [6, 6.07) is 17.9. The van der Waals surface area contributed by atoms with Gasteiger partial charge >= 0.3 is 0 Å². The number of aliphatic imine (C=N–C) groups is 1. The molecule has 2 amide bonds. The molecule has 41 heavy (non-hydrogen) atoms. The molecule has 2 fully saturated rings. The third-order valence-electron chi connectivity index (χ3n) is 7.29. The number of nitrogens with one attached hydrogen (secondary N) is 3. The molecule has 4 aromatic rings. The molecule has 4 heterocycles. The highest BCUT2D eigenvalue weighted by atomic mass is 19.1. The molecule has 206 valence electrons. The second-order valence-corrected chi connectivity index (χ2v) is 10.2. The van der Waals surface area contributed by atoms with E-state index in [4.69, 9.17) is 4.74 Å². The molecule has 2 aliphatic heterocycles. The summed E-state index contributed by atoms with van der Waals surface area (Å²) in [7, 11) is 0. The summed E-state index contributed by atoms with van der Waals surface area (Å²) in [6.45, 7) is 0.602. The first-order valence-electron chi connectivity index (χ1n) is 13.5. The summed E-state index contributed by atoms with van der Waals surface area (Å²) >= 11 is 0. The van der Waals surface area contributed by atoms with Gasteiger partial charge in [0.25, 0.3) is 11.8 Å². The van der Waals surface area contributed by atoms with Gasteiger partial charge in [-0.3, -0.25) is 9.59 Å². The topological polar surface area (TPSA) is 123 Å². The fourth-order valence-corrected chi connectivity index (χ4v) is 4.93. The van der Waals surface area contributed by atoms with Crippen LogP contribution < -0.4 is 16.0 Å². The summed E-state index contributed by atoms with van der Waals surface area (Å²) < 4.78 is 22.2. The van der Waals surface area contributed by atoms with Crippen molar-refractivity contribution in [3.8, 4) is 11.3 Å². The fourth-order valence-electron chi connectivity index (χ4n) is 4.93. The van der Waals surface area contributed by atoms with Crippen LogP contribution in [0.3, 0.4) is 0 Å². The van der Waals surface area contributed by atoms with Crippen molar-refractivity contribution in [1.82, 2.24) is 20.1 Å². The molecule has 11 heteroatoms. The number of carbonyl (C=O) groups excluding carboxylic acids is 2. The Morgan fingerprint density at radius 1 is 1.00 bits per heavy atom. The zero-order chi connectivity index (χ0) is 27.9. The second-order valence-electron chi connectivity index (χ2n) is 10.2. The van der Waals surface area contributed by atoms with Crippen LogP contribution in [0.1, 0.15) is 47.0 Å². The molecule has 3 N–H and O–H groups in total. The molecular formula is C30H26FN7O3. The molecule has 1 aliphatic carbocycles. The van der Waals surface area contributed by atoms with Crippen molar-refractivity contribution < 1.29 is 18.7 Å². The van der Waals surface area contributed by atoms with Crippen LogP contribution in [0, 0.1) is 5.82 Å². The molecule has 10 nitrogen and oxygen atoms in total. The van der Waals surface area contributed by atoms with Crippen LogP contribution in [0.4, 0.5) is 15.9 Å². The van der Waals surface area contributed by atoms with Crippen molar-refractivity contribution in [3.63, 3.8) is 0 Å². The minimum Gasteiger partial charge on any atom is -0.367 e. The Labute approximate surface area is 234 Å². The van der Waals surface area contributed by atoms with Gasteiger partial charge < -0.3 is 20.7 Å². The largest absolute Gasteiger partial charge is 0.367 e. The number of fused-ring (bicyclic) bond motifs is 1. The number of carbonyl (C=O) groups is 2. The predicted molar refractivity (Wildman–Crippen MR) is 150 cm³/mol. The normalized spacial score (nSPS) is 19.7. The van der Waals surface area contributed by atoms with E-state index in [-0.39, 0.29) is 17.5 Å². The Kier molecular flexibility index (Phi) is 6.27. The van der Waals surface area contributed by atoms with Gasteiger partial charge in [-0.1, -0.05) is 42.5 Å². The van der Waals surface area contributed by atoms with Crippen LogP contribution in [-0.4, -0.2) is 51.1 Å². The van der Waals surface area contributed by atoms with Crippen LogP contribution in [-0.2, 0) is 9.53 Å². The first-order chi connectivity index (χ1) is 20.0. The number of pyridine rings is 1. The number of aromatic nitrogens is 3. The summed E-state index contributed by atoms with van der Waals surface area (Å²) in [4.78, 5) is 36.2. The maximum absolute atomic E-state index is 14.8. The molecule has 1 unspecified atom stereocenters. The van der Waals surface area contributed by atoms with Crippen molar-refractivity contribution in [2.75, 3.05) is 17.2 Å². The van der Waals surface area contributed by atoms with Crippen LogP contribution in [0.5, 0.6) is 0 Å². The highest BCUT2D eigenvalue weighted by molar-refractivity contribution is 6.20. The van der Waals surface area contributed by atoms with Crippen molar-refractivity contribution in [2.45, 2.75) is 37.7 Å². The average molecular weight is 552 g/mol. The number of ether oxygens (including phenoxy) is 1. The number of benzene rings is 2. The van der Waals surface area contributed by atoms with E-state index < -0.39 is 23.8 Å². The number of amides is 2. The molecule has 1 saturated heterocycles. The van der Waals surface area contributed by atoms with Crippen molar-refractivity contribution in [1.29, 1.82) is 0 Å². The SMILES string of the molecule is O=C(N[C@H]1N=C(c2ccccc2)c2cccc(F)c2NC1=O)c1cnn(C2CCO2)c1-c1ccc(NC2CC2)nc1. The predicted octanol–water partition coefficient (Wildman–Crippen LogP) is 4.12. The quantitative estimate of drug-likeness (QED) is 0.318. The van der Waals surface area contributed by atoms with E-state index in [1.165, 1.54) is 12.3 Å². The van der Waals surface area contributed by atoms with Crippen molar-refractivity contribution >= 4 is 29.0 Å². The Balaban J connectivity index is 1.24. The average Bonchev–Trinajstić information content (AvgIpc) is 3.70. The molecular weight excluding hydrogens is 525 g/mol. The highest BCUT2D eigenvalue weighted by Crippen LogP contribution is 2.33. The van der Waals surface area contributed by atoms with Gasteiger partial charge in [0.1, 0.15) is 11.6 Å². The molecule has 0 bridgehead atoms. The maximum atomic E-state index is 14.8. The van der Waals surface area contributed by atoms with E-state index in [1.54, 1.807) is 23.0 Å². The Hall–Kier alpha value is -4.90. The van der Waals surface area contributed by atoms with E-state index in [1.807, 2.05) is 42.5 Å². The van der Waals surface area contributed by atoms with E-state index in [0.717, 1.165) is 25.1 Å². The number of halogens is 1. The number of benzodiazepines with no additional fused rings is 1. The Bertz CT molecular complexity index is 1660. The first kappa shape index (κ1) is 25.1. The Morgan fingerprint density at radius 3 is 2.54 bits per heavy atom. The van der Waals surface area contributed by atoms with Crippen LogP contribution >= 0.6 is 0 Å². The molecule has 2 aromatic heterocycles. The number of nitrogens with zero attached hydrogens (tertiary/aromatic N) is 4. The summed E-state index contributed by atoms with van der Waals surface area (Å²) in [5.41, 5.74) is 2.93. The molecule has 2 atom stereocenters. The molecule has 1 saturated carbocycles. The smallest absolute Gasteiger partial charge is 0.269 e. The van der Waals surface area contributed by atoms with Crippen LogP contribution in [0.25, 0.3) is 11.3 Å². The fraction of sp³-hybridized carbons (Fsp3) is 0.233. The van der Waals surface area contributed by atoms with Gasteiger partial charge in [0.05, 0.1) is 35.5 Å². The summed E-state index contributed by atoms with van der Waals surface area (Å²) in [6.07, 6.45) is 4.51. The summed E-state index contributed by atoms with van der Waals surface area (Å²) in [5.74, 6) is -1.06. The first-order valence-corrected chi connectivity index (χ1v) is 13.5. The molecule has 7 rings (SSSR count). The lowest BCUT2D eigenvalue weighted by molar-refractivity contribution is -0.117. The zero-order valence-corrected chi connectivity index (χ0v) is 21.9. The highest BCUT2D eigenvalue weighted by Gasteiger charge is 2.32. The zero-order valence-electron chi connectivity index (χ0n) is 21.9. The third kappa shape index (κ3) is 4.84. The van der Waals surface area contributed by atoms with Gasteiger partial charge in [0.2, 0.25) is 6.17 Å². The summed E-state index contributed by atoms with van der Waals surface area (Å²) in [5, 5.41) is 13.2. The molecule has 0 spiro atoms. The van der Waals surface area contributed by atoms with Crippen molar-refractivity contribution in [3.05, 3.63) is 95.6 Å². The van der Waals surface area contributed by atoms with Gasteiger partial charge in [0, 0.05) is 35.3 Å². The lowest BCUT2D eigenvalue weighted by Crippen LogP contribution is -2.42. The second kappa shape index (κ2) is 10.3. The minimum absolute atomic E-state index is 0.0125. The molecule has 0 radical (unpaired) electrons. The standard InChI is InChI=1S/C30H26FN7O3/c31-22-8-4-7-20-25(17-5-2-1-3-6-17)35-28(30(40)36-26(20)22)37-29(39)21-16-33-38(24-13-14-41-24)27(21)18-9-12-23(32-15-18)34-19-10-11-19/h1-9,12,15-16,19,24,28H,10-11,13-14H2,(H,32,34)(H,36,40)(H,37,39)/t24?,28-/m1/s1. The lowest BCUT2D eigenvalue weighted by Gasteiger charge is -2.28. The number of hydrogen-bond acceptors (Lipinski definition) is 7. The third-order valence-corrected chi connectivity index (χ3v) is 7.29. The Morgan fingerprint density at radius 2 is 1.83 bits per heavy atom. The molecule has 3 aliphatic rings. The van der Waals surface area contributed by atoms with Crippen LogP contribution in [0.2, 0.25) is 0 Å². The lowest BCUT2D eigenvalue weighted by atomic mass is 10.0. The van der Waals surface area contributed by atoms with Gasteiger partial charge in [-0.15, -0.1) is 0 Å². The number of para-hydroxylation sites is 1. The minimum atomic E-state index is -1.33. The monoisotopic (exact) mass is 551 g/mol. The van der Waals surface area contributed by atoms with Gasteiger partial charge in [-0.05, 0) is 31.0 Å². The van der Waals surface area contributed by atoms with Crippen LogP contribution in [0.15, 0.2) is 78.0 Å². The van der Waals surface area contributed by atoms with E-state index in [0.29, 0.717) is 40.7 Å². The van der Waals surface area contributed by atoms with Gasteiger partial charge in [0.15, 0.2) is 6.23 Å². The number of rotatable bonds is 7. The van der Waals surface area contributed by atoms with E-state index >= 15 is 0 Å². The maximum Gasteiger partial charge on any atom is 0.269 e.